The van der Waals surface area contributed by atoms with Crippen LogP contribution in [-0.4, -0.2) is 57.6 Å². The highest BCUT2D eigenvalue weighted by atomic mass is 35.5. The van der Waals surface area contributed by atoms with E-state index >= 15 is 0 Å². The number of sulfonamides is 1. The molecule has 0 spiro atoms. The third-order valence-corrected chi connectivity index (χ3v) is 7.29. The Balaban J connectivity index is 2.45. The molecule has 0 aliphatic heterocycles. The Kier molecular flexibility index (Phi) is 10.5. The topological polar surface area (TPSA) is 96.0 Å². The molecule has 12 heteroatoms. The van der Waals surface area contributed by atoms with E-state index in [0.29, 0.717) is 17.9 Å². The summed E-state index contributed by atoms with van der Waals surface area (Å²) in [5, 5.41) is 2.99. The first-order chi connectivity index (χ1) is 16.4. The van der Waals surface area contributed by atoms with E-state index in [1.165, 1.54) is 24.1 Å². The third kappa shape index (κ3) is 7.90. The van der Waals surface area contributed by atoms with Gasteiger partial charge >= 0.3 is 0 Å². The molecule has 0 aliphatic carbocycles. The van der Waals surface area contributed by atoms with E-state index in [0.717, 1.165) is 17.0 Å². The Morgan fingerprint density at radius 1 is 1.09 bits per heavy atom. The lowest BCUT2D eigenvalue weighted by molar-refractivity contribution is -0.139. The zero-order valence-corrected chi connectivity index (χ0v) is 22.9. The molecule has 0 fully saturated rings. The maximum absolute atomic E-state index is 13.5. The minimum Gasteiger partial charge on any atom is -0.497 e. The highest BCUT2D eigenvalue weighted by Gasteiger charge is 2.31. The summed E-state index contributed by atoms with van der Waals surface area (Å²) >= 11 is 18.3. The van der Waals surface area contributed by atoms with Gasteiger partial charge < -0.3 is 15.0 Å². The standard InChI is InChI=1S/C23H28Cl3N3O5S/c1-5-9-27-23(31)15(2)28(13-16-7-6-8-17(10-16)34-3)22(30)14-29(35(4,32)33)21-12-19(25)18(24)11-20(21)26/h6-8,10-12,15H,5,9,13-14H2,1-4H3,(H,27,31). The first kappa shape index (κ1) is 29.0. The Bertz CT molecular complexity index is 1180. The molecule has 35 heavy (non-hydrogen) atoms. The predicted octanol–water partition coefficient (Wildman–Crippen LogP) is 4.36. The molecule has 192 valence electrons. The summed E-state index contributed by atoms with van der Waals surface area (Å²) in [6, 6.07) is 8.74. The van der Waals surface area contributed by atoms with E-state index in [-0.39, 0.29) is 33.2 Å². The zero-order chi connectivity index (χ0) is 26.3. The van der Waals surface area contributed by atoms with Crippen molar-refractivity contribution < 1.29 is 22.7 Å². The number of methoxy groups -OCH3 is 1. The summed E-state index contributed by atoms with van der Waals surface area (Å²) in [4.78, 5) is 27.6. The average Bonchev–Trinajstić information content (AvgIpc) is 2.80. The van der Waals surface area contributed by atoms with Crippen LogP contribution >= 0.6 is 34.8 Å². The van der Waals surface area contributed by atoms with E-state index in [1.807, 2.05) is 6.92 Å². The molecule has 0 radical (unpaired) electrons. The molecular formula is C23H28Cl3N3O5S. The van der Waals surface area contributed by atoms with E-state index in [4.69, 9.17) is 39.5 Å². The van der Waals surface area contributed by atoms with Crippen molar-refractivity contribution in [1.29, 1.82) is 0 Å². The van der Waals surface area contributed by atoms with Gasteiger partial charge in [0.15, 0.2) is 0 Å². The molecule has 0 saturated carbocycles. The zero-order valence-electron chi connectivity index (χ0n) is 19.8. The van der Waals surface area contributed by atoms with Crippen molar-refractivity contribution in [3.63, 3.8) is 0 Å². The second-order valence-corrected chi connectivity index (χ2v) is 11.0. The van der Waals surface area contributed by atoms with Crippen LogP contribution in [0, 0.1) is 0 Å². The van der Waals surface area contributed by atoms with Crippen molar-refractivity contribution in [2.75, 3.05) is 30.8 Å². The Morgan fingerprint density at radius 3 is 2.34 bits per heavy atom. The summed E-state index contributed by atoms with van der Waals surface area (Å²) in [5.41, 5.74) is 0.702. The molecule has 0 saturated heterocycles. The number of carbonyl (C=O) groups excluding carboxylic acids is 2. The fourth-order valence-electron chi connectivity index (χ4n) is 3.24. The van der Waals surface area contributed by atoms with Crippen molar-refractivity contribution in [3.8, 4) is 5.75 Å². The van der Waals surface area contributed by atoms with Gasteiger partial charge in [-0.2, -0.15) is 0 Å². The molecule has 8 nitrogen and oxygen atoms in total. The normalized spacial score (nSPS) is 12.1. The molecule has 1 atom stereocenters. The number of rotatable bonds is 11. The van der Waals surface area contributed by atoms with Crippen LogP contribution in [0.2, 0.25) is 15.1 Å². The Morgan fingerprint density at radius 2 is 1.74 bits per heavy atom. The van der Waals surface area contributed by atoms with E-state index < -0.39 is 28.5 Å². The first-order valence-electron chi connectivity index (χ1n) is 10.7. The molecular weight excluding hydrogens is 537 g/mol. The number of ether oxygens (including phenoxy) is 1. The molecule has 2 rings (SSSR count). The van der Waals surface area contributed by atoms with Gasteiger partial charge in [-0.15, -0.1) is 0 Å². The SMILES string of the molecule is CCCNC(=O)C(C)N(Cc1cccc(OC)c1)C(=O)CN(c1cc(Cl)c(Cl)cc1Cl)S(C)(=O)=O. The lowest BCUT2D eigenvalue weighted by atomic mass is 10.1. The smallest absolute Gasteiger partial charge is 0.244 e. The second kappa shape index (κ2) is 12.7. The van der Waals surface area contributed by atoms with Crippen LogP contribution in [0.25, 0.3) is 0 Å². The predicted molar refractivity (Wildman–Crippen MR) is 140 cm³/mol. The summed E-state index contributed by atoms with van der Waals surface area (Å²) in [6.07, 6.45) is 1.67. The number of nitrogens with one attached hydrogen (secondary N) is 1. The van der Waals surface area contributed by atoms with Gasteiger partial charge in [-0.1, -0.05) is 53.9 Å². The number of halogens is 3. The van der Waals surface area contributed by atoms with E-state index in [2.05, 4.69) is 5.32 Å². The fraction of sp³-hybridized carbons (Fsp3) is 0.391. The van der Waals surface area contributed by atoms with Crippen LogP contribution in [0.5, 0.6) is 5.75 Å². The fourth-order valence-corrected chi connectivity index (χ4v) is 4.79. The van der Waals surface area contributed by atoms with E-state index in [1.54, 1.807) is 31.2 Å². The van der Waals surface area contributed by atoms with Crippen LogP contribution in [0.4, 0.5) is 5.69 Å². The van der Waals surface area contributed by atoms with Crippen molar-refractivity contribution in [1.82, 2.24) is 10.2 Å². The summed E-state index contributed by atoms with van der Waals surface area (Å²) < 4.78 is 31.4. The number of amides is 2. The highest BCUT2D eigenvalue weighted by Crippen LogP contribution is 2.35. The van der Waals surface area contributed by atoms with Crippen molar-refractivity contribution >= 4 is 62.3 Å². The first-order valence-corrected chi connectivity index (χ1v) is 13.7. The molecule has 0 bridgehead atoms. The largest absolute Gasteiger partial charge is 0.497 e. The molecule has 1 unspecified atom stereocenters. The van der Waals surface area contributed by atoms with Crippen molar-refractivity contribution in [3.05, 3.63) is 57.0 Å². The molecule has 2 aromatic carbocycles. The summed E-state index contributed by atoms with van der Waals surface area (Å²) in [6.45, 7) is 3.38. The number of benzene rings is 2. The van der Waals surface area contributed by atoms with Gasteiger partial charge in [0, 0.05) is 13.1 Å². The highest BCUT2D eigenvalue weighted by molar-refractivity contribution is 7.92. The van der Waals surface area contributed by atoms with Gasteiger partial charge in [-0.25, -0.2) is 8.42 Å². The molecule has 0 heterocycles. The lowest BCUT2D eigenvalue weighted by Gasteiger charge is -2.31. The van der Waals surface area contributed by atoms with Gasteiger partial charge in [0.1, 0.15) is 18.3 Å². The van der Waals surface area contributed by atoms with E-state index in [9.17, 15) is 18.0 Å². The van der Waals surface area contributed by atoms with Gasteiger partial charge in [-0.3, -0.25) is 13.9 Å². The maximum Gasteiger partial charge on any atom is 0.244 e. The molecule has 2 amide bonds. The monoisotopic (exact) mass is 563 g/mol. The summed E-state index contributed by atoms with van der Waals surface area (Å²) in [7, 11) is -2.44. The van der Waals surface area contributed by atoms with Gasteiger partial charge in [-0.05, 0) is 43.2 Å². The lowest BCUT2D eigenvalue weighted by Crippen LogP contribution is -2.51. The number of hydrogen-bond acceptors (Lipinski definition) is 5. The summed E-state index contributed by atoms with van der Waals surface area (Å²) in [5.74, 6) is -0.389. The average molecular weight is 565 g/mol. The Labute approximate surface area is 221 Å². The second-order valence-electron chi connectivity index (χ2n) is 7.83. The van der Waals surface area contributed by atoms with Crippen LogP contribution in [0.1, 0.15) is 25.8 Å². The van der Waals surface area contributed by atoms with Crippen LogP contribution in [0.15, 0.2) is 36.4 Å². The Hall–Kier alpha value is -2.20. The molecule has 1 N–H and O–H groups in total. The quantitative estimate of drug-likeness (QED) is 0.409. The third-order valence-electron chi connectivity index (χ3n) is 5.14. The number of hydrogen-bond donors (Lipinski definition) is 1. The van der Waals surface area contributed by atoms with Crippen molar-refractivity contribution in [2.45, 2.75) is 32.9 Å². The number of anilines is 1. The number of nitrogens with zero attached hydrogens (tertiary/aromatic N) is 2. The molecule has 0 aliphatic rings. The molecule has 2 aromatic rings. The minimum atomic E-state index is -3.96. The van der Waals surface area contributed by atoms with Crippen LogP contribution in [0.3, 0.4) is 0 Å². The van der Waals surface area contributed by atoms with Gasteiger partial charge in [0.05, 0.1) is 34.1 Å². The number of carbonyl (C=O) groups is 2. The van der Waals surface area contributed by atoms with Crippen molar-refractivity contribution in [2.24, 2.45) is 0 Å². The van der Waals surface area contributed by atoms with Crippen LogP contribution < -0.4 is 14.4 Å². The van der Waals surface area contributed by atoms with Gasteiger partial charge in [0.2, 0.25) is 21.8 Å². The maximum atomic E-state index is 13.5. The minimum absolute atomic E-state index is 0.00124. The van der Waals surface area contributed by atoms with Crippen LogP contribution in [-0.2, 0) is 26.2 Å². The van der Waals surface area contributed by atoms with Gasteiger partial charge in [0.25, 0.3) is 0 Å². The molecule has 0 aromatic heterocycles.